The van der Waals surface area contributed by atoms with Crippen LogP contribution in [0.4, 0.5) is 5.69 Å². The fourth-order valence-corrected chi connectivity index (χ4v) is 1.34. The van der Waals surface area contributed by atoms with Gasteiger partial charge in [0.2, 0.25) is 5.69 Å². The first-order valence-corrected chi connectivity index (χ1v) is 4.31. The molecule has 0 atom stereocenters. The van der Waals surface area contributed by atoms with E-state index in [1.807, 2.05) is 0 Å². The van der Waals surface area contributed by atoms with Crippen molar-refractivity contribution in [2.75, 3.05) is 14.2 Å². The second kappa shape index (κ2) is 4.15. The highest BCUT2D eigenvalue weighted by atomic mass is 79.9. The maximum Gasteiger partial charge on any atom is 0.205 e. The number of hydrogen-bond donors (Lipinski definition) is 0. The lowest BCUT2D eigenvalue weighted by Gasteiger charge is -2.08. The van der Waals surface area contributed by atoms with Gasteiger partial charge in [0.05, 0.1) is 20.8 Å². The van der Waals surface area contributed by atoms with Crippen molar-refractivity contribution < 1.29 is 9.47 Å². The van der Waals surface area contributed by atoms with E-state index >= 15 is 0 Å². The van der Waals surface area contributed by atoms with Gasteiger partial charge in [-0.3, -0.25) is 0 Å². The van der Waals surface area contributed by atoms with Gasteiger partial charge in [-0.2, -0.15) is 0 Å². The number of rotatable bonds is 2. The first-order chi connectivity index (χ1) is 6.22. The van der Waals surface area contributed by atoms with E-state index in [4.69, 9.17) is 16.0 Å². The van der Waals surface area contributed by atoms with Gasteiger partial charge >= 0.3 is 0 Å². The van der Waals surface area contributed by atoms with Crippen LogP contribution in [0.2, 0.25) is 0 Å². The summed E-state index contributed by atoms with van der Waals surface area (Å²) in [7, 11) is 3.10. The molecule has 3 nitrogen and oxygen atoms in total. The summed E-state index contributed by atoms with van der Waals surface area (Å²) in [5.74, 6) is 1.18. The summed E-state index contributed by atoms with van der Waals surface area (Å²) >= 11 is 3.26. The molecule has 0 fully saturated rings. The molecule has 0 aliphatic rings. The van der Waals surface area contributed by atoms with Crippen molar-refractivity contribution in [2.24, 2.45) is 0 Å². The Kier molecular flexibility index (Phi) is 3.15. The predicted molar refractivity (Wildman–Crippen MR) is 53.5 cm³/mol. The van der Waals surface area contributed by atoms with E-state index in [0.29, 0.717) is 21.7 Å². The smallest absolute Gasteiger partial charge is 0.205 e. The molecule has 0 radical (unpaired) electrons. The molecule has 0 amide bonds. The molecule has 13 heavy (non-hydrogen) atoms. The normalized spacial score (nSPS) is 9.08. The van der Waals surface area contributed by atoms with Crippen molar-refractivity contribution in [2.45, 2.75) is 0 Å². The van der Waals surface area contributed by atoms with E-state index in [2.05, 4.69) is 20.8 Å². The quantitative estimate of drug-likeness (QED) is 0.744. The molecule has 0 N–H and O–H groups in total. The summed E-state index contributed by atoms with van der Waals surface area (Å²) in [5.41, 5.74) is 0.512. The minimum absolute atomic E-state index is 0.512. The molecular formula is C9H8BrNO2. The van der Waals surface area contributed by atoms with Gasteiger partial charge in [-0.05, 0) is 12.1 Å². The van der Waals surface area contributed by atoms with Gasteiger partial charge < -0.3 is 9.47 Å². The van der Waals surface area contributed by atoms with Gasteiger partial charge in [0.25, 0.3) is 0 Å². The first-order valence-electron chi connectivity index (χ1n) is 3.52. The van der Waals surface area contributed by atoms with Gasteiger partial charge in [0, 0.05) is 4.47 Å². The number of hydrogen-bond acceptors (Lipinski definition) is 2. The van der Waals surface area contributed by atoms with Gasteiger partial charge in [-0.15, -0.1) is 0 Å². The van der Waals surface area contributed by atoms with Crippen LogP contribution in [0, 0.1) is 6.57 Å². The highest BCUT2D eigenvalue weighted by Gasteiger charge is 2.08. The Morgan fingerprint density at radius 2 is 1.77 bits per heavy atom. The molecule has 0 aromatic heterocycles. The monoisotopic (exact) mass is 241 g/mol. The molecule has 0 unspecified atom stereocenters. The Bertz CT molecular complexity index is 357. The van der Waals surface area contributed by atoms with Gasteiger partial charge in [0.15, 0.2) is 11.5 Å². The molecule has 1 aromatic rings. The summed E-state index contributed by atoms with van der Waals surface area (Å²) in [6.45, 7) is 6.88. The molecule has 0 saturated carbocycles. The Morgan fingerprint density at radius 3 is 2.23 bits per heavy atom. The zero-order chi connectivity index (χ0) is 9.84. The molecule has 4 heteroatoms. The summed E-state index contributed by atoms with van der Waals surface area (Å²) < 4.78 is 10.8. The molecule has 1 rings (SSSR count). The minimum Gasteiger partial charge on any atom is -0.494 e. The summed E-state index contributed by atoms with van der Waals surface area (Å²) in [5, 5.41) is 0. The van der Waals surface area contributed by atoms with Crippen LogP contribution < -0.4 is 9.47 Å². The zero-order valence-electron chi connectivity index (χ0n) is 7.30. The fourth-order valence-electron chi connectivity index (χ4n) is 0.929. The van der Waals surface area contributed by atoms with Crippen molar-refractivity contribution in [3.8, 4) is 11.5 Å². The molecule has 0 heterocycles. The number of halogens is 1. The Labute approximate surface area is 85.2 Å². The maximum atomic E-state index is 6.88. The van der Waals surface area contributed by atoms with Crippen LogP contribution in [-0.4, -0.2) is 14.2 Å². The van der Waals surface area contributed by atoms with Crippen LogP contribution in [0.15, 0.2) is 16.6 Å². The summed E-state index contributed by atoms with van der Waals surface area (Å²) in [6.07, 6.45) is 0. The van der Waals surface area contributed by atoms with Crippen LogP contribution in [0.25, 0.3) is 4.85 Å². The van der Waals surface area contributed by atoms with Gasteiger partial charge in [-0.25, -0.2) is 4.85 Å². The Morgan fingerprint density at radius 1 is 1.23 bits per heavy atom. The van der Waals surface area contributed by atoms with E-state index in [9.17, 15) is 0 Å². The van der Waals surface area contributed by atoms with E-state index in [1.54, 1.807) is 26.4 Å². The Balaban J connectivity index is 3.28. The predicted octanol–water partition coefficient (Wildman–Crippen LogP) is 3.02. The summed E-state index contributed by atoms with van der Waals surface area (Å²) in [6, 6.07) is 3.35. The number of methoxy groups -OCH3 is 2. The molecule has 68 valence electrons. The van der Waals surface area contributed by atoms with Gasteiger partial charge in [0.1, 0.15) is 0 Å². The van der Waals surface area contributed by atoms with Crippen LogP contribution in [0.3, 0.4) is 0 Å². The average Bonchev–Trinajstić information content (AvgIpc) is 2.17. The molecular weight excluding hydrogens is 234 g/mol. The minimum atomic E-state index is 0.512. The van der Waals surface area contributed by atoms with Gasteiger partial charge in [-0.1, -0.05) is 15.9 Å². The molecule has 0 bridgehead atoms. The number of nitrogens with zero attached hydrogens (tertiary/aromatic N) is 1. The van der Waals surface area contributed by atoms with Crippen LogP contribution in [0.1, 0.15) is 0 Å². The first kappa shape index (κ1) is 9.87. The molecule has 0 aliphatic carbocycles. The van der Waals surface area contributed by atoms with E-state index in [1.165, 1.54) is 0 Å². The second-order valence-corrected chi connectivity index (χ2v) is 3.12. The summed E-state index contributed by atoms with van der Waals surface area (Å²) in [4.78, 5) is 3.32. The van der Waals surface area contributed by atoms with Crippen molar-refractivity contribution in [3.05, 3.63) is 28.0 Å². The SMILES string of the molecule is [C-]#[N+]c1cc(OC)c(OC)cc1Br. The second-order valence-electron chi connectivity index (χ2n) is 2.27. The third-order valence-electron chi connectivity index (χ3n) is 1.57. The topological polar surface area (TPSA) is 22.8 Å². The van der Waals surface area contributed by atoms with Crippen molar-refractivity contribution in [1.29, 1.82) is 0 Å². The number of benzene rings is 1. The third kappa shape index (κ3) is 1.93. The largest absolute Gasteiger partial charge is 0.494 e. The number of ether oxygens (including phenoxy) is 2. The van der Waals surface area contributed by atoms with E-state index in [-0.39, 0.29) is 0 Å². The van der Waals surface area contributed by atoms with Crippen molar-refractivity contribution in [3.63, 3.8) is 0 Å². The van der Waals surface area contributed by atoms with Crippen molar-refractivity contribution >= 4 is 21.6 Å². The third-order valence-corrected chi connectivity index (χ3v) is 2.21. The van der Waals surface area contributed by atoms with Crippen molar-refractivity contribution in [1.82, 2.24) is 0 Å². The standard InChI is InChI=1S/C9H8BrNO2/c1-11-7-5-9(13-3)8(12-2)4-6(7)10/h4-5H,2-3H3. The molecule has 0 saturated heterocycles. The molecule has 0 aliphatic heterocycles. The van der Waals surface area contributed by atoms with Crippen LogP contribution in [0.5, 0.6) is 11.5 Å². The Hall–Kier alpha value is -1.21. The lowest BCUT2D eigenvalue weighted by Crippen LogP contribution is -1.89. The maximum absolute atomic E-state index is 6.88. The van der Waals surface area contributed by atoms with E-state index < -0.39 is 0 Å². The molecule has 1 aromatic carbocycles. The van der Waals surface area contributed by atoms with E-state index in [0.717, 1.165) is 0 Å². The average molecular weight is 242 g/mol. The van der Waals surface area contributed by atoms with Crippen LogP contribution >= 0.6 is 15.9 Å². The van der Waals surface area contributed by atoms with Crippen LogP contribution in [-0.2, 0) is 0 Å². The molecule has 0 spiro atoms. The zero-order valence-corrected chi connectivity index (χ0v) is 8.88. The lowest BCUT2D eigenvalue weighted by molar-refractivity contribution is 0.355. The fraction of sp³-hybridized carbons (Fsp3) is 0.222. The highest BCUT2D eigenvalue weighted by Crippen LogP contribution is 2.37. The lowest BCUT2D eigenvalue weighted by atomic mass is 10.3. The highest BCUT2D eigenvalue weighted by molar-refractivity contribution is 9.10.